The predicted octanol–water partition coefficient (Wildman–Crippen LogP) is 0.319. The van der Waals surface area contributed by atoms with Gasteiger partial charge in [0.2, 0.25) is 0 Å². The lowest BCUT2D eigenvalue weighted by Crippen LogP contribution is -2.29. The normalized spacial score (nSPS) is 14.7. The number of carboxylic acid groups (broad SMARTS) is 1. The Bertz CT molecular complexity index is 163. The van der Waals surface area contributed by atoms with Crippen molar-refractivity contribution >= 4 is 17.0 Å². The highest BCUT2D eigenvalue weighted by molar-refractivity contribution is 7.79. The van der Waals surface area contributed by atoms with Gasteiger partial charge in [0.25, 0.3) is 0 Å². The maximum absolute atomic E-state index is 10.3. The zero-order valence-corrected chi connectivity index (χ0v) is 6.64. The van der Waals surface area contributed by atoms with Crippen molar-refractivity contribution in [2.45, 2.75) is 13.8 Å². The molecule has 0 saturated carbocycles. The summed E-state index contributed by atoms with van der Waals surface area (Å²) in [4.78, 5) is 10.3. The molecule has 4 nitrogen and oxygen atoms in total. The molecule has 0 spiro atoms. The van der Waals surface area contributed by atoms with Gasteiger partial charge in [0.05, 0.1) is 11.2 Å². The summed E-state index contributed by atoms with van der Waals surface area (Å²) in [7, 11) is 0. The Kier molecular flexibility index (Phi) is 2.98. The van der Waals surface area contributed by atoms with E-state index in [-0.39, 0.29) is 5.75 Å². The molecular weight excluding hydrogens is 156 g/mol. The summed E-state index contributed by atoms with van der Waals surface area (Å²) >= 11 is -2.04. The largest absolute Gasteiger partial charge is 0.481 e. The van der Waals surface area contributed by atoms with Crippen LogP contribution in [0.25, 0.3) is 0 Å². The maximum Gasteiger partial charge on any atom is 0.310 e. The third-order valence-corrected chi connectivity index (χ3v) is 2.03. The highest BCUT2D eigenvalue weighted by Gasteiger charge is 2.28. The first-order valence-corrected chi connectivity index (χ1v) is 3.95. The van der Waals surface area contributed by atoms with E-state index in [0.29, 0.717) is 0 Å². The molecule has 0 amide bonds. The molecule has 0 radical (unpaired) electrons. The van der Waals surface area contributed by atoms with E-state index in [1.54, 1.807) is 0 Å². The van der Waals surface area contributed by atoms with Gasteiger partial charge in [0.15, 0.2) is 11.1 Å². The Morgan fingerprint density at radius 3 is 2.10 bits per heavy atom. The molecule has 1 unspecified atom stereocenters. The van der Waals surface area contributed by atoms with Crippen LogP contribution in [-0.2, 0) is 15.9 Å². The second kappa shape index (κ2) is 3.12. The summed E-state index contributed by atoms with van der Waals surface area (Å²) in [6.07, 6.45) is 0. The first-order chi connectivity index (χ1) is 4.36. The van der Waals surface area contributed by atoms with Gasteiger partial charge in [-0.3, -0.25) is 4.79 Å². The average Bonchev–Trinajstić information content (AvgIpc) is 1.60. The van der Waals surface area contributed by atoms with E-state index in [2.05, 4.69) is 0 Å². The molecule has 0 aromatic heterocycles. The molecule has 2 N–H and O–H groups in total. The van der Waals surface area contributed by atoms with Gasteiger partial charge < -0.3 is 9.66 Å². The van der Waals surface area contributed by atoms with Gasteiger partial charge in [0.1, 0.15) is 0 Å². The first-order valence-electron chi connectivity index (χ1n) is 2.67. The van der Waals surface area contributed by atoms with Crippen LogP contribution in [0.2, 0.25) is 0 Å². The second-order valence-corrected chi connectivity index (χ2v) is 3.59. The van der Waals surface area contributed by atoms with E-state index in [9.17, 15) is 9.00 Å². The van der Waals surface area contributed by atoms with Gasteiger partial charge in [-0.05, 0) is 13.8 Å². The van der Waals surface area contributed by atoms with Crippen molar-refractivity contribution in [1.82, 2.24) is 0 Å². The monoisotopic (exact) mass is 166 g/mol. The van der Waals surface area contributed by atoms with Crippen LogP contribution in [0.3, 0.4) is 0 Å². The Balaban J connectivity index is 4.13. The number of aliphatic carboxylic acids is 1. The molecule has 0 rings (SSSR count). The van der Waals surface area contributed by atoms with E-state index in [4.69, 9.17) is 9.66 Å². The van der Waals surface area contributed by atoms with Crippen LogP contribution in [0, 0.1) is 5.41 Å². The van der Waals surface area contributed by atoms with Crippen molar-refractivity contribution in [3.63, 3.8) is 0 Å². The summed E-state index contributed by atoms with van der Waals surface area (Å²) in [5, 5.41) is 8.44. The first kappa shape index (κ1) is 9.58. The number of hydrogen-bond acceptors (Lipinski definition) is 2. The molecular formula is C5H10O4S. The van der Waals surface area contributed by atoms with Crippen molar-refractivity contribution < 1.29 is 18.7 Å². The number of carbonyl (C=O) groups is 1. The molecule has 10 heavy (non-hydrogen) atoms. The second-order valence-electron chi connectivity index (χ2n) is 2.65. The molecule has 5 heteroatoms. The van der Waals surface area contributed by atoms with E-state index < -0.39 is 22.5 Å². The minimum atomic E-state index is -2.04. The van der Waals surface area contributed by atoms with Crippen LogP contribution >= 0.6 is 0 Å². The minimum Gasteiger partial charge on any atom is -0.481 e. The standard InChI is InChI=1S/C5H10O4S/c1-5(2,4(6)7)3-10(8)9/h3H2,1-2H3,(H,6,7)(H,8,9). The zero-order chi connectivity index (χ0) is 8.36. The van der Waals surface area contributed by atoms with Crippen LogP contribution in [0.4, 0.5) is 0 Å². The highest BCUT2D eigenvalue weighted by Crippen LogP contribution is 2.15. The molecule has 0 aromatic carbocycles. The summed E-state index contributed by atoms with van der Waals surface area (Å²) < 4.78 is 18.5. The van der Waals surface area contributed by atoms with Crippen molar-refractivity contribution in [2.24, 2.45) is 5.41 Å². The molecule has 1 atom stereocenters. The van der Waals surface area contributed by atoms with Crippen LogP contribution in [-0.4, -0.2) is 25.6 Å². The fourth-order valence-electron chi connectivity index (χ4n) is 0.370. The zero-order valence-electron chi connectivity index (χ0n) is 5.83. The fourth-order valence-corrected chi connectivity index (χ4v) is 1.11. The van der Waals surface area contributed by atoms with Crippen LogP contribution in [0.5, 0.6) is 0 Å². The lowest BCUT2D eigenvalue weighted by Gasteiger charge is -2.15. The SMILES string of the molecule is CC(C)(CS(=O)O)C(=O)O. The topological polar surface area (TPSA) is 74.6 Å². The van der Waals surface area contributed by atoms with Gasteiger partial charge in [-0.1, -0.05) is 0 Å². The van der Waals surface area contributed by atoms with E-state index >= 15 is 0 Å². The van der Waals surface area contributed by atoms with E-state index in [1.807, 2.05) is 0 Å². The van der Waals surface area contributed by atoms with Crippen molar-refractivity contribution in [1.29, 1.82) is 0 Å². The lowest BCUT2D eigenvalue weighted by atomic mass is 9.97. The van der Waals surface area contributed by atoms with Crippen molar-refractivity contribution in [3.05, 3.63) is 0 Å². The molecule has 0 aliphatic rings. The summed E-state index contributed by atoms with van der Waals surface area (Å²) in [5.41, 5.74) is -1.11. The molecule has 0 aliphatic carbocycles. The molecule has 0 fully saturated rings. The van der Waals surface area contributed by atoms with Crippen molar-refractivity contribution in [3.8, 4) is 0 Å². The highest BCUT2D eigenvalue weighted by atomic mass is 32.2. The third-order valence-electron chi connectivity index (χ3n) is 1.06. The quantitative estimate of drug-likeness (QED) is 0.592. The van der Waals surface area contributed by atoms with Gasteiger partial charge >= 0.3 is 5.97 Å². The summed E-state index contributed by atoms with van der Waals surface area (Å²) in [6.45, 7) is 2.81. The molecule has 0 heterocycles. The lowest BCUT2D eigenvalue weighted by molar-refractivity contribution is -0.145. The van der Waals surface area contributed by atoms with Gasteiger partial charge in [-0.25, -0.2) is 4.21 Å². The van der Waals surface area contributed by atoms with Crippen LogP contribution in [0.15, 0.2) is 0 Å². The Morgan fingerprint density at radius 1 is 1.60 bits per heavy atom. The third kappa shape index (κ3) is 2.93. The Hall–Kier alpha value is -0.420. The Morgan fingerprint density at radius 2 is 2.00 bits per heavy atom. The predicted molar refractivity (Wildman–Crippen MR) is 37.1 cm³/mol. The summed E-state index contributed by atoms with van der Waals surface area (Å²) in [6, 6.07) is 0. The van der Waals surface area contributed by atoms with E-state index in [1.165, 1.54) is 13.8 Å². The van der Waals surface area contributed by atoms with Crippen LogP contribution < -0.4 is 0 Å². The average molecular weight is 166 g/mol. The maximum atomic E-state index is 10.3. The molecule has 60 valence electrons. The van der Waals surface area contributed by atoms with Gasteiger partial charge in [0, 0.05) is 0 Å². The number of rotatable bonds is 3. The van der Waals surface area contributed by atoms with Crippen molar-refractivity contribution in [2.75, 3.05) is 5.75 Å². The molecule has 0 bridgehead atoms. The van der Waals surface area contributed by atoms with Crippen LogP contribution in [0.1, 0.15) is 13.8 Å². The van der Waals surface area contributed by atoms with Gasteiger partial charge in [-0.15, -0.1) is 0 Å². The number of carboxylic acids is 1. The molecule has 0 aromatic rings. The minimum absolute atomic E-state index is 0.234. The van der Waals surface area contributed by atoms with Gasteiger partial charge in [-0.2, -0.15) is 0 Å². The number of hydrogen-bond donors (Lipinski definition) is 2. The molecule has 0 aliphatic heterocycles. The fraction of sp³-hybridized carbons (Fsp3) is 0.800. The summed E-state index contributed by atoms with van der Waals surface area (Å²) in [5.74, 6) is -1.29. The van der Waals surface area contributed by atoms with E-state index in [0.717, 1.165) is 0 Å². The Labute approximate surface area is 61.5 Å². The molecule has 0 saturated heterocycles. The smallest absolute Gasteiger partial charge is 0.310 e.